The van der Waals surface area contributed by atoms with Crippen LogP contribution in [0.25, 0.3) is 11.3 Å². The van der Waals surface area contributed by atoms with E-state index in [0.717, 1.165) is 33.9 Å². The summed E-state index contributed by atoms with van der Waals surface area (Å²) in [6, 6.07) is 24.3. The smallest absolute Gasteiger partial charge is 0.247 e. The second-order valence-corrected chi connectivity index (χ2v) is 8.61. The van der Waals surface area contributed by atoms with Crippen molar-refractivity contribution in [1.82, 2.24) is 15.2 Å². The summed E-state index contributed by atoms with van der Waals surface area (Å²) in [5.41, 5.74) is 5.71. The first-order valence-electron chi connectivity index (χ1n) is 10.9. The van der Waals surface area contributed by atoms with Gasteiger partial charge in [0.15, 0.2) is 11.9 Å². The SMILES string of the molecule is CCOc1ccc(C2Nc3ccccc3-c3nnc(SCc4ccccc4)nc3O2)cc1C. The number of rotatable bonds is 6. The predicted molar refractivity (Wildman–Crippen MR) is 131 cm³/mol. The fourth-order valence-electron chi connectivity index (χ4n) is 3.73. The normalized spacial score (nSPS) is 14.3. The van der Waals surface area contributed by atoms with Gasteiger partial charge in [-0.25, -0.2) is 0 Å². The maximum atomic E-state index is 6.39. The Morgan fingerprint density at radius 3 is 2.64 bits per heavy atom. The Hall–Kier alpha value is -3.58. The minimum absolute atomic E-state index is 0.426. The van der Waals surface area contributed by atoms with Crippen LogP contribution in [0.2, 0.25) is 0 Å². The largest absolute Gasteiger partial charge is 0.494 e. The molecule has 0 radical (unpaired) electrons. The number of hydrogen-bond donors (Lipinski definition) is 1. The fraction of sp³-hybridized carbons (Fsp3) is 0.192. The number of ether oxygens (including phenoxy) is 2. The van der Waals surface area contributed by atoms with Crippen LogP contribution in [0.3, 0.4) is 0 Å². The van der Waals surface area contributed by atoms with Crippen LogP contribution in [-0.4, -0.2) is 21.8 Å². The van der Waals surface area contributed by atoms with Gasteiger partial charge >= 0.3 is 0 Å². The molecule has 33 heavy (non-hydrogen) atoms. The molecular formula is C26H24N4O2S. The summed E-state index contributed by atoms with van der Waals surface area (Å²) in [6.07, 6.45) is -0.426. The number of aromatic nitrogens is 3. The number of anilines is 1. The lowest BCUT2D eigenvalue weighted by Gasteiger charge is -2.20. The molecule has 4 aromatic rings. The lowest BCUT2D eigenvalue weighted by Crippen LogP contribution is -2.17. The summed E-state index contributed by atoms with van der Waals surface area (Å²) in [5.74, 6) is 2.10. The second-order valence-electron chi connectivity index (χ2n) is 7.67. The van der Waals surface area contributed by atoms with E-state index in [0.29, 0.717) is 23.3 Å². The van der Waals surface area contributed by atoms with Gasteiger partial charge in [0, 0.05) is 22.6 Å². The van der Waals surface area contributed by atoms with Crippen LogP contribution < -0.4 is 14.8 Å². The zero-order valence-electron chi connectivity index (χ0n) is 18.5. The van der Waals surface area contributed by atoms with Crippen LogP contribution in [0.4, 0.5) is 5.69 Å². The van der Waals surface area contributed by atoms with Crippen LogP contribution in [-0.2, 0) is 5.75 Å². The van der Waals surface area contributed by atoms with Crippen LogP contribution in [0.1, 0.15) is 29.8 Å². The van der Waals surface area contributed by atoms with Crippen molar-refractivity contribution in [1.29, 1.82) is 0 Å². The summed E-state index contributed by atoms with van der Waals surface area (Å²) >= 11 is 1.54. The molecule has 3 aromatic carbocycles. The molecule has 1 aromatic heterocycles. The Morgan fingerprint density at radius 2 is 1.82 bits per heavy atom. The van der Waals surface area contributed by atoms with Crippen molar-refractivity contribution in [3.05, 3.63) is 89.5 Å². The Labute approximate surface area is 197 Å². The first-order valence-corrected chi connectivity index (χ1v) is 11.9. The summed E-state index contributed by atoms with van der Waals surface area (Å²) in [6.45, 7) is 4.65. The maximum Gasteiger partial charge on any atom is 0.247 e. The van der Waals surface area contributed by atoms with E-state index in [-0.39, 0.29) is 0 Å². The van der Waals surface area contributed by atoms with Gasteiger partial charge in [0.1, 0.15) is 5.75 Å². The van der Waals surface area contributed by atoms with Crippen LogP contribution >= 0.6 is 11.8 Å². The number of para-hydroxylation sites is 1. The van der Waals surface area contributed by atoms with Gasteiger partial charge in [-0.15, -0.1) is 10.2 Å². The van der Waals surface area contributed by atoms with E-state index in [1.807, 2.05) is 68.4 Å². The zero-order valence-corrected chi connectivity index (χ0v) is 19.3. The van der Waals surface area contributed by atoms with Gasteiger partial charge in [0.25, 0.3) is 0 Å². The standard InChI is InChI=1S/C26H24N4O2S/c1-3-31-22-14-13-19(15-17(22)2)24-27-21-12-8-7-11-20(21)23-25(32-24)28-26(30-29-23)33-16-18-9-5-4-6-10-18/h4-15,24,27H,3,16H2,1-2H3. The highest BCUT2D eigenvalue weighted by molar-refractivity contribution is 7.98. The molecule has 1 aliphatic heterocycles. The van der Waals surface area contributed by atoms with Crippen LogP contribution in [0.5, 0.6) is 11.6 Å². The molecule has 0 aliphatic carbocycles. The van der Waals surface area contributed by atoms with Gasteiger partial charge in [0.2, 0.25) is 11.0 Å². The van der Waals surface area contributed by atoms with Crippen molar-refractivity contribution in [2.75, 3.05) is 11.9 Å². The third-order valence-electron chi connectivity index (χ3n) is 5.35. The molecule has 0 saturated heterocycles. The average Bonchev–Trinajstić information content (AvgIpc) is 3.01. The first-order chi connectivity index (χ1) is 16.2. The Kier molecular flexibility index (Phi) is 6.13. The van der Waals surface area contributed by atoms with E-state index in [9.17, 15) is 0 Å². The van der Waals surface area contributed by atoms with Gasteiger partial charge < -0.3 is 14.8 Å². The number of nitrogens with one attached hydrogen (secondary N) is 1. The average molecular weight is 457 g/mol. The molecule has 1 unspecified atom stereocenters. The summed E-state index contributed by atoms with van der Waals surface area (Å²) < 4.78 is 12.1. The number of fused-ring (bicyclic) bond motifs is 3. The minimum Gasteiger partial charge on any atom is -0.494 e. The highest BCUT2D eigenvalue weighted by Gasteiger charge is 2.26. The molecule has 6 nitrogen and oxygen atoms in total. The molecule has 1 atom stereocenters. The molecule has 0 saturated carbocycles. The molecule has 5 rings (SSSR count). The number of aryl methyl sites for hydroxylation is 1. The zero-order chi connectivity index (χ0) is 22.6. The number of benzene rings is 3. The Bertz CT molecular complexity index is 1270. The first kappa shape index (κ1) is 21.3. The lowest BCUT2D eigenvalue weighted by atomic mass is 10.1. The van der Waals surface area contributed by atoms with Gasteiger partial charge in [-0.3, -0.25) is 0 Å². The Balaban J connectivity index is 1.48. The number of nitrogens with zero attached hydrogens (tertiary/aromatic N) is 3. The molecule has 0 fully saturated rings. The monoisotopic (exact) mass is 456 g/mol. The molecule has 0 spiro atoms. The molecular weight excluding hydrogens is 432 g/mol. The van der Waals surface area contributed by atoms with Crippen molar-refractivity contribution in [3.63, 3.8) is 0 Å². The molecule has 1 aliphatic rings. The van der Waals surface area contributed by atoms with Crippen LogP contribution in [0, 0.1) is 6.92 Å². The van der Waals surface area contributed by atoms with E-state index in [1.165, 1.54) is 17.3 Å². The van der Waals surface area contributed by atoms with E-state index < -0.39 is 6.23 Å². The van der Waals surface area contributed by atoms with Crippen molar-refractivity contribution >= 4 is 17.4 Å². The van der Waals surface area contributed by atoms with E-state index in [1.54, 1.807) is 0 Å². The van der Waals surface area contributed by atoms with E-state index >= 15 is 0 Å². The van der Waals surface area contributed by atoms with Gasteiger partial charge in [0.05, 0.1) is 6.61 Å². The predicted octanol–water partition coefficient (Wildman–Crippen LogP) is 6.04. The Morgan fingerprint density at radius 1 is 1.00 bits per heavy atom. The summed E-state index contributed by atoms with van der Waals surface area (Å²) in [5, 5.41) is 13.0. The van der Waals surface area contributed by atoms with Crippen molar-refractivity contribution in [3.8, 4) is 22.9 Å². The topological polar surface area (TPSA) is 69.2 Å². The quantitative estimate of drug-likeness (QED) is 0.355. The maximum absolute atomic E-state index is 6.39. The van der Waals surface area contributed by atoms with Crippen LogP contribution in [0.15, 0.2) is 78.0 Å². The van der Waals surface area contributed by atoms with E-state index in [4.69, 9.17) is 14.5 Å². The molecule has 2 heterocycles. The third-order valence-corrected chi connectivity index (χ3v) is 6.25. The van der Waals surface area contributed by atoms with Crippen molar-refractivity contribution in [2.24, 2.45) is 0 Å². The molecule has 166 valence electrons. The fourth-order valence-corrected chi connectivity index (χ4v) is 4.47. The minimum atomic E-state index is -0.426. The highest BCUT2D eigenvalue weighted by atomic mass is 32.2. The molecule has 1 N–H and O–H groups in total. The summed E-state index contributed by atoms with van der Waals surface area (Å²) in [7, 11) is 0. The number of hydrogen-bond acceptors (Lipinski definition) is 7. The van der Waals surface area contributed by atoms with Crippen molar-refractivity contribution < 1.29 is 9.47 Å². The second kappa shape index (κ2) is 9.50. The highest BCUT2D eigenvalue weighted by Crippen LogP contribution is 2.40. The van der Waals surface area contributed by atoms with Gasteiger partial charge in [-0.05, 0) is 49.2 Å². The van der Waals surface area contributed by atoms with Gasteiger partial charge in [-0.2, -0.15) is 4.98 Å². The van der Waals surface area contributed by atoms with Gasteiger partial charge in [-0.1, -0.05) is 60.3 Å². The third kappa shape index (κ3) is 4.64. The molecule has 7 heteroatoms. The van der Waals surface area contributed by atoms with Crippen molar-refractivity contribution in [2.45, 2.75) is 31.0 Å². The summed E-state index contributed by atoms with van der Waals surface area (Å²) in [4.78, 5) is 4.73. The molecule has 0 bridgehead atoms. The van der Waals surface area contributed by atoms with E-state index in [2.05, 4.69) is 33.7 Å². The number of thioether (sulfide) groups is 1. The molecule has 0 amide bonds. The lowest BCUT2D eigenvalue weighted by molar-refractivity contribution is 0.225.